The number of halogens is 1. The van der Waals surface area contributed by atoms with Gasteiger partial charge < -0.3 is 20.3 Å². The summed E-state index contributed by atoms with van der Waals surface area (Å²) in [6, 6.07) is 14.8. The molecule has 29 heavy (non-hydrogen) atoms. The minimum absolute atomic E-state index is 0.0545. The molecule has 1 aliphatic heterocycles. The number of fused-ring (bicyclic) bond motifs is 1. The lowest BCUT2D eigenvalue weighted by molar-refractivity contribution is -0.137. The number of nitrogens with two attached hydrogens (primary N) is 1. The number of aliphatic hydroxyl groups is 1. The zero-order valence-electron chi connectivity index (χ0n) is 16.2. The molecule has 0 radical (unpaired) electrons. The first-order valence-corrected chi connectivity index (χ1v) is 10.2. The van der Waals surface area contributed by atoms with Crippen LogP contribution < -0.4 is 5.73 Å². The SMILES string of the molecule is NC(Cc1ccccc1)C(=O)N1CCC(O)(Cn2ccc3nc(Cl)ccc32)CC1. The predicted octanol–water partition coefficient (Wildman–Crippen LogP) is 2.61. The number of pyridine rings is 1. The molecular weight excluding hydrogens is 388 g/mol. The molecule has 0 saturated carbocycles. The Morgan fingerprint density at radius 1 is 1.17 bits per heavy atom. The van der Waals surface area contributed by atoms with E-state index in [2.05, 4.69) is 4.98 Å². The summed E-state index contributed by atoms with van der Waals surface area (Å²) < 4.78 is 2.00. The second-order valence-electron chi connectivity index (χ2n) is 7.83. The van der Waals surface area contributed by atoms with Crippen LogP contribution in [-0.4, -0.2) is 50.2 Å². The van der Waals surface area contributed by atoms with Crippen molar-refractivity contribution in [3.63, 3.8) is 0 Å². The van der Waals surface area contributed by atoms with E-state index in [1.165, 1.54) is 0 Å². The Hall–Kier alpha value is -2.41. The Morgan fingerprint density at radius 2 is 1.90 bits per heavy atom. The van der Waals surface area contributed by atoms with Gasteiger partial charge in [0.15, 0.2) is 0 Å². The number of aromatic nitrogens is 2. The van der Waals surface area contributed by atoms with Gasteiger partial charge in [-0.3, -0.25) is 4.79 Å². The van der Waals surface area contributed by atoms with Crippen molar-refractivity contribution < 1.29 is 9.90 Å². The number of rotatable bonds is 5. The summed E-state index contributed by atoms with van der Waals surface area (Å²) >= 11 is 5.95. The highest BCUT2D eigenvalue weighted by Gasteiger charge is 2.35. The van der Waals surface area contributed by atoms with Crippen molar-refractivity contribution in [3.8, 4) is 0 Å². The molecule has 3 aromatic rings. The number of nitrogens with zero attached hydrogens (tertiary/aromatic N) is 3. The summed E-state index contributed by atoms with van der Waals surface area (Å²) in [5, 5.41) is 11.5. The van der Waals surface area contributed by atoms with Gasteiger partial charge in [-0.05, 0) is 43.0 Å². The number of likely N-dealkylation sites (tertiary alicyclic amines) is 1. The molecule has 152 valence electrons. The fourth-order valence-corrected chi connectivity index (χ4v) is 4.15. The Bertz CT molecular complexity index is 996. The van der Waals surface area contributed by atoms with Crippen LogP contribution in [-0.2, 0) is 17.8 Å². The van der Waals surface area contributed by atoms with Crippen LogP contribution in [0.2, 0.25) is 5.15 Å². The van der Waals surface area contributed by atoms with Crippen LogP contribution in [0.15, 0.2) is 54.7 Å². The van der Waals surface area contributed by atoms with Crippen LogP contribution in [0.1, 0.15) is 18.4 Å². The van der Waals surface area contributed by atoms with Crippen LogP contribution in [0.25, 0.3) is 11.0 Å². The van der Waals surface area contributed by atoms with E-state index in [-0.39, 0.29) is 5.91 Å². The summed E-state index contributed by atoms with van der Waals surface area (Å²) in [5.41, 5.74) is 8.08. The average Bonchev–Trinajstić information content (AvgIpc) is 3.10. The molecule has 3 heterocycles. The Labute approximate surface area is 174 Å². The number of amides is 1. The molecule has 0 aliphatic carbocycles. The quantitative estimate of drug-likeness (QED) is 0.631. The molecule has 0 bridgehead atoms. The van der Waals surface area contributed by atoms with E-state index in [0.29, 0.717) is 44.0 Å². The molecule has 1 fully saturated rings. The molecule has 4 rings (SSSR count). The molecule has 2 aromatic heterocycles. The lowest BCUT2D eigenvalue weighted by Crippen LogP contribution is -2.53. The van der Waals surface area contributed by atoms with Gasteiger partial charge in [0.25, 0.3) is 0 Å². The predicted molar refractivity (Wildman–Crippen MR) is 114 cm³/mol. The maximum absolute atomic E-state index is 12.7. The van der Waals surface area contributed by atoms with Crippen LogP contribution in [0.3, 0.4) is 0 Å². The fourth-order valence-electron chi connectivity index (χ4n) is 4.00. The van der Waals surface area contributed by atoms with Crippen LogP contribution in [0, 0.1) is 0 Å². The van der Waals surface area contributed by atoms with Gasteiger partial charge >= 0.3 is 0 Å². The van der Waals surface area contributed by atoms with Gasteiger partial charge in [-0.25, -0.2) is 4.98 Å². The first-order chi connectivity index (χ1) is 13.9. The largest absolute Gasteiger partial charge is 0.388 e. The summed E-state index contributed by atoms with van der Waals surface area (Å²) in [4.78, 5) is 18.8. The summed E-state index contributed by atoms with van der Waals surface area (Å²) in [5.74, 6) is -0.0545. The van der Waals surface area contributed by atoms with E-state index in [9.17, 15) is 9.90 Å². The third-order valence-electron chi connectivity index (χ3n) is 5.68. The topological polar surface area (TPSA) is 84.4 Å². The Balaban J connectivity index is 1.37. The molecule has 1 unspecified atom stereocenters. The third-order valence-corrected chi connectivity index (χ3v) is 5.89. The second-order valence-corrected chi connectivity index (χ2v) is 8.22. The van der Waals surface area contributed by atoms with Crippen LogP contribution >= 0.6 is 11.6 Å². The third kappa shape index (κ3) is 4.45. The molecule has 0 spiro atoms. The summed E-state index contributed by atoms with van der Waals surface area (Å²) in [6.45, 7) is 1.46. The van der Waals surface area contributed by atoms with Gasteiger partial charge in [0, 0.05) is 19.3 Å². The molecule has 1 aliphatic rings. The monoisotopic (exact) mass is 412 g/mol. The molecular formula is C22H25ClN4O2. The molecule has 3 N–H and O–H groups in total. The van der Waals surface area contributed by atoms with E-state index < -0.39 is 11.6 Å². The second kappa shape index (κ2) is 8.14. The van der Waals surface area contributed by atoms with E-state index in [4.69, 9.17) is 17.3 Å². The van der Waals surface area contributed by atoms with Crippen molar-refractivity contribution in [2.24, 2.45) is 5.73 Å². The number of benzene rings is 1. The number of hydrogen-bond acceptors (Lipinski definition) is 4. The summed E-state index contributed by atoms with van der Waals surface area (Å²) in [6.07, 6.45) is 3.46. The highest BCUT2D eigenvalue weighted by molar-refractivity contribution is 6.29. The highest BCUT2D eigenvalue weighted by Crippen LogP contribution is 2.27. The van der Waals surface area contributed by atoms with Gasteiger partial charge in [0.05, 0.1) is 29.2 Å². The number of carbonyl (C=O) groups is 1. The Morgan fingerprint density at radius 3 is 2.62 bits per heavy atom. The van der Waals surface area contributed by atoms with Crippen molar-refractivity contribution in [2.45, 2.75) is 37.5 Å². The fraction of sp³-hybridized carbons (Fsp3) is 0.364. The number of piperidine rings is 1. The first kappa shape index (κ1) is 19.9. The molecule has 1 saturated heterocycles. The van der Waals surface area contributed by atoms with Crippen molar-refractivity contribution in [2.75, 3.05) is 13.1 Å². The zero-order valence-corrected chi connectivity index (χ0v) is 16.9. The van der Waals surface area contributed by atoms with Gasteiger partial charge in [0.1, 0.15) is 5.15 Å². The van der Waals surface area contributed by atoms with Crippen molar-refractivity contribution in [3.05, 3.63) is 65.4 Å². The highest BCUT2D eigenvalue weighted by atomic mass is 35.5. The standard InChI is InChI=1S/C22H25ClN4O2/c23-20-7-6-19-18(25-20)8-11-27(19)15-22(29)9-12-26(13-10-22)21(28)17(24)14-16-4-2-1-3-5-16/h1-8,11,17,29H,9-10,12-15,24H2. The first-order valence-electron chi connectivity index (χ1n) is 9.86. The minimum atomic E-state index is -0.869. The maximum atomic E-state index is 12.7. The van der Waals surface area contributed by atoms with Gasteiger partial charge in [-0.15, -0.1) is 0 Å². The Kier molecular flexibility index (Phi) is 5.58. The normalized spacial score (nSPS) is 17.4. The minimum Gasteiger partial charge on any atom is -0.388 e. The van der Waals surface area contributed by atoms with Crippen LogP contribution in [0.4, 0.5) is 0 Å². The van der Waals surface area contributed by atoms with Crippen molar-refractivity contribution in [1.29, 1.82) is 0 Å². The van der Waals surface area contributed by atoms with E-state index in [1.807, 2.05) is 53.2 Å². The smallest absolute Gasteiger partial charge is 0.239 e. The number of carbonyl (C=O) groups excluding carboxylic acids is 1. The lowest BCUT2D eigenvalue weighted by atomic mass is 9.90. The average molecular weight is 413 g/mol. The van der Waals surface area contributed by atoms with Crippen LogP contribution in [0.5, 0.6) is 0 Å². The van der Waals surface area contributed by atoms with E-state index in [0.717, 1.165) is 16.6 Å². The van der Waals surface area contributed by atoms with E-state index >= 15 is 0 Å². The van der Waals surface area contributed by atoms with Gasteiger partial charge in [-0.2, -0.15) is 0 Å². The number of hydrogen-bond donors (Lipinski definition) is 2. The molecule has 7 heteroatoms. The maximum Gasteiger partial charge on any atom is 0.239 e. The van der Waals surface area contributed by atoms with Gasteiger partial charge in [0.2, 0.25) is 5.91 Å². The molecule has 6 nitrogen and oxygen atoms in total. The zero-order chi connectivity index (χ0) is 20.4. The van der Waals surface area contributed by atoms with E-state index in [1.54, 1.807) is 11.0 Å². The summed E-state index contributed by atoms with van der Waals surface area (Å²) in [7, 11) is 0. The van der Waals surface area contributed by atoms with Crippen molar-refractivity contribution in [1.82, 2.24) is 14.5 Å². The molecule has 1 amide bonds. The van der Waals surface area contributed by atoms with Crippen molar-refractivity contribution >= 4 is 28.5 Å². The molecule has 1 atom stereocenters. The molecule has 1 aromatic carbocycles. The lowest BCUT2D eigenvalue weighted by Gasteiger charge is -2.39. The van der Waals surface area contributed by atoms with Gasteiger partial charge in [-0.1, -0.05) is 41.9 Å².